The van der Waals surface area contributed by atoms with Gasteiger partial charge in [-0.05, 0) is 18.2 Å². The maximum Gasteiger partial charge on any atom is 0.251 e. The first-order valence-corrected chi connectivity index (χ1v) is 7.84. The van der Waals surface area contributed by atoms with Crippen LogP contribution in [0.5, 0.6) is 5.75 Å². The van der Waals surface area contributed by atoms with Crippen LogP contribution in [0.15, 0.2) is 35.2 Å². The Morgan fingerprint density at radius 2 is 2.22 bits per heavy atom. The molecule has 8 heteroatoms. The summed E-state index contributed by atoms with van der Waals surface area (Å²) in [7, 11) is 0. The fraction of sp³-hybridized carbons (Fsp3) is 0.333. The number of benzene rings is 1. The molecule has 0 spiro atoms. The van der Waals surface area contributed by atoms with Crippen LogP contribution in [0.1, 0.15) is 16.1 Å². The molecule has 0 unspecified atom stereocenters. The SMILES string of the molecule is Cl.Cl.O=C(NCC1CNC1)c1cccc(OCc2cscn2)c1. The first-order chi connectivity index (χ1) is 10.3. The van der Waals surface area contributed by atoms with Crippen LogP contribution in [-0.2, 0) is 6.61 Å². The van der Waals surface area contributed by atoms with Gasteiger partial charge in [-0.25, -0.2) is 4.98 Å². The van der Waals surface area contributed by atoms with E-state index in [4.69, 9.17) is 4.74 Å². The number of hydrogen-bond acceptors (Lipinski definition) is 5. The number of carbonyl (C=O) groups excluding carboxylic acids is 1. The maximum atomic E-state index is 12.1. The summed E-state index contributed by atoms with van der Waals surface area (Å²) in [5, 5.41) is 8.09. The maximum absolute atomic E-state index is 12.1. The molecule has 1 saturated heterocycles. The second-order valence-corrected chi connectivity index (χ2v) is 5.75. The summed E-state index contributed by atoms with van der Waals surface area (Å²) in [6, 6.07) is 7.24. The second-order valence-electron chi connectivity index (χ2n) is 5.03. The molecule has 0 saturated carbocycles. The Hall–Kier alpha value is -1.34. The van der Waals surface area contributed by atoms with E-state index in [0.29, 0.717) is 23.8 Å². The highest BCUT2D eigenvalue weighted by Crippen LogP contribution is 2.15. The van der Waals surface area contributed by atoms with Gasteiger partial charge in [0.15, 0.2) is 0 Å². The lowest BCUT2D eigenvalue weighted by molar-refractivity contribution is 0.0941. The lowest BCUT2D eigenvalue weighted by Gasteiger charge is -2.27. The van der Waals surface area contributed by atoms with E-state index in [0.717, 1.165) is 25.3 Å². The minimum absolute atomic E-state index is 0. The minimum Gasteiger partial charge on any atom is -0.487 e. The predicted octanol–water partition coefficient (Wildman–Crippen LogP) is 2.51. The van der Waals surface area contributed by atoms with Gasteiger partial charge in [-0.1, -0.05) is 6.07 Å². The van der Waals surface area contributed by atoms with Crippen molar-refractivity contribution < 1.29 is 9.53 Å². The molecule has 5 nitrogen and oxygen atoms in total. The molecule has 1 aromatic carbocycles. The highest BCUT2D eigenvalue weighted by Gasteiger charge is 2.17. The van der Waals surface area contributed by atoms with Gasteiger partial charge in [0.05, 0.1) is 11.2 Å². The van der Waals surface area contributed by atoms with Gasteiger partial charge in [-0.15, -0.1) is 36.2 Å². The van der Waals surface area contributed by atoms with Crippen LogP contribution < -0.4 is 15.4 Å². The van der Waals surface area contributed by atoms with Crippen molar-refractivity contribution in [2.45, 2.75) is 6.61 Å². The molecule has 0 radical (unpaired) electrons. The Labute approximate surface area is 151 Å². The van der Waals surface area contributed by atoms with Crippen LogP contribution in [0.3, 0.4) is 0 Å². The van der Waals surface area contributed by atoms with Crippen LogP contribution in [-0.4, -0.2) is 30.5 Å². The van der Waals surface area contributed by atoms with E-state index in [1.807, 2.05) is 17.5 Å². The number of thiazole rings is 1. The van der Waals surface area contributed by atoms with Crippen molar-refractivity contribution in [1.29, 1.82) is 0 Å². The third-order valence-corrected chi connectivity index (χ3v) is 4.02. The third kappa shape index (κ3) is 5.66. The molecular formula is C15H19Cl2N3O2S. The van der Waals surface area contributed by atoms with Crippen LogP contribution in [0.2, 0.25) is 0 Å². The topological polar surface area (TPSA) is 63.2 Å². The number of carbonyl (C=O) groups is 1. The summed E-state index contributed by atoms with van der Waals surface area (Å²) < 4.78 is 5.65. The largest absolute Gasteiger partial charge is 0.487 e. The number of amides is 1. The van der Waals surface area contributed by atoms with Crippen LogP contribution >= 0.6 is 36.2 Å². The van der Waals surface area contributed by atoms with Gasteiger partial charge in [0, 0.05) is 36.5 Å². The summed E-state index contributed by atoms with van der Waals surface area (Å²) in [4.78, 5) is 16.2. The molecule has 2 N–H and O–H groups in total. The number of ether oxygens (including phenoxy) is 1. The summed E-state index contributed by atoms with van der Waals surface area (Å²) in [5.41, 5.74) is 3.29. The molecule has 1 aliphatic heterocycles. The summed E-state index contributed by atoms with van der Waals surface area (Å²) >= 11 is 1.54. The third-order valence-electron chi connectivity index (χ3n) is 3.38. The van der Waals surface area contributed by atoms with Crippen molar-refractivity contribution in [2.75, 3.05) is 19.6 Å². The Morgan fingerprint density at radius 1 is 1.39 bits per heavy atom. The number of rotatable bonds is 6. The zero-order valence-electron chi connectivity index (χ0n) is 12.4. The number of aromatic nitrogens is 1. The zero-order valence-corrected chi connectivity index (χ0v) is 14.8. The van der Waals surface area contributed by atoms with E-state index < -0.39 is 0 Å². The van der Waals surface area contributed by atoms with E-state index in [9.17, 15) is 4.79 Å². The number of hydrogen-bond donors (Lipinski definition) is 2. The van der Waals surface area contributed by atoms with E-state index in [1.54, 1.807) is 17.6 Å². The van der Waals surface area contributed by atoms with Gasteiger partial charge in [-0.3, -0.25) is 4.79 Å². The van der Waals surface area contributed by atoms with Gasteiger partial charge >= 0.3 is 0 Å². The molecule has 1 aliphatic rings. The van der Waals surface area contributed by atoms with Gasteiger partial charge in [0.2, 0.25) is 0 Å². The average Bonchev–Trinajstić information content (AvgIpc) is 2.97. The Bertz CT molecular complexity index is 607. The summed E-state index contributed by atoms with van der Waals surface area (Å²) in [5.74, 6) is 1.18. The van der Waals surface area contributed by atoms with Crippen molar-refractivity contribution in [3.63, 3.8) is 0 Å². The molecule has 0 atom stereocenters. The Morgan fingerprint density at radius 3 is 2.87 bits per heavy atom. The molecule has 126 valence electrons. The number of nitrogens with one attached hydrogen (secondary N) is 2. The molecule has 2 aromatic rings. The highest BCUT2D eigenvalue weighted by atomic mass is 35.5. The molecule has 23 heavy (non-hydrogen) atoms. The van der Waals surface area contributed by atoms with Crippen LogP contribution in [0.25, 0.3) is 0 Å². The molecule has 0 aliphatic carbocycles. The average molecular weight is 376 g/mol. The molecular weight excluding hydrogens is 357 g/mol. The van der Waals surface area contributed by atoms with Gasteiger partial charge in [-0.2, -0.15) is 0 Å². The van der Waals surface area contributed by atoms with Crippen molar-refractivity contribution in [2.24, 2.45) is 5.92 Å². The van der Waals surface area contributed by atoms with E-state index in [2.05, 4.69) is 15.6 Å². The summed E-state index contributed by atoms with van der Waals surface area (Å²) in [6.45, 7) is 3.10. The van der Waals surface area contributed by atoms with Crippen molar-refractivity contribution >= 4 is 42.1 Å². The monoisotopic (exact) mass is 375 g/mol. The first kappa shape index (κ1) is 19.7. The van der Waals surface area contributed by atoms with Gasteiger partial charge < -0.3 is 15.4 Å². The summed E-state index contributed by atoms with van der Waals surface area (Å²) in [6.07, 6.45) is 0. The van der Waals surface area contributed by atoms with Crippen molar-refractivity contribution in [3.8, 4) is 5.75 Å². The van der Waals surface area contributed by atoms with Crippen LogP contribution in [0.4, 0.5) is 0 Å². The Kier molecular flexibility index (Phi) is 8.33. The molecule has 3 rings (SSSR count). The quantitative estimate of drug-likeness (QED) is 0.813. The predicted molar refractivity (Wildman–Crippen MR) is 96.1 cm³/mol. The number of nitrogens with zero attached hydrogens (tertiary/aromatic N) is 1. The molecule has 2 heterocycles. The highest BCUT2D eigenvalue weighted by molar-refractivity contribution is 7.07. The van der Waals surface area contributed by atoms with E-state index in [-0.39, 0.29) is 30.7 Å². The van der Waals surface area contributed by atoms with Crippen molar-refractivity contribution in [1.82, 2.24) is 15.6 Å². The standard InChI is InChI=1S/C15H17N3O2S.2ClH/c19-15(17-7-11-5-16-6-11)12-2-1-3-14(4-12)20-8-13-9-21-10-18-13;;/h1-4,9-11,16H,5-8H2,(H,17,19);2*1H. The normalized spacial score (nSPS) is 13.2. The fourth-order valence-corrected chi connectivity index (χ4v) is 2.57. The molecule has 1 fully saturated rings. The second kappa shape index (κ2) is 9.72. The van der Waals surface area contributed by atoms with Crippen molar-refractivity contribution in [3.05, 3.63) is 46.4 Å². The lowest BCUT2D eigenvalue weighted by Crippen LogP contribution is -2.48. The minimum atomic E-state index is -0.0546. The number of halogens is 2. The first-order valence-electron chi connectivity index (χ1n) is 6.90. The lowest BCUT2D eigenvalue weighted by atomic mass is 10.0. The smallest absolute Gasteiger partial charge is 0.251 e. The molecule has 1 amide bonds. The van der Waals surface area contributed by atoms with E-state index in [1.165, 1.54) is 11.3 Å². The van der Waals surface area contributed by atoms with Gasteiger partial charge in [0.25, 0.3) is 5.91 Å². The fourth-order valence-electron chi connectivity index (χ4n) is 2.03. The zero-order chi connectivity index (χ0) is 14.5. The molecule has 1 aromatic heterocycles. The van der Waals surface area contributed by atoms with Crippen LogP contribution in [0, 0.1) is 5.92 Å². The Balaban J connectivity index is 0.00000132. The van der Waals surface area contributed by atoms with E-state index >= 15 is 0 Å². The molecule has 0 bridgehead atoms. The van der Waals surface area contributed by atoms with Gasteiger partial charge in [0.1, 0.15) is 12.4 Å².